The van der Waals surface area contributed by atoms with Crippen molar-refractivity contribution in [1.82, 2.24) is 19.8 Å². The topological polar surface area (TPSA) is 33.1 Å². The van der Waals surface area contributed by atoms with Gasteiger partial charge in [-0.2, -0.15) is 0 Å². The van der Waals surface area contributed by atoms with Crippen LogP contribution in [0.25, 0.3) is 0 Å². The van der Waals surface area contributed by atoms with Crippen LogP contribution in [0.3, 0.4) is 0 Å². The maximum absolute atomic E-state index is 4.22. The van der Waals surface area contributed by atoms with Crippen molar-refractivity contribution in [2.45, 2.75) is 45.3 Å². The Balaban J connectivity index is 1.75. The van der Waals surface area contributed by atoms with E-state index in [4.69, 9.17) is 0 Å². The summed E-state index contributed by atoms with van der Waals surface area (Å²) in [5, 5.41) is 3.56. The summed E-state index contributed by atoms with van der Waals surface area (Å²) in [5.74, 6) is 0. The van der Waals surface area contributed by atoms with Crippen molar-refractivity contribution in [3.05, 3.63) is 18.2 Å². The van der Waals surface area contributed by atoms with Crippen molar-refractivity contribution in [1.29, 1.82) is 0 Å². The van der Waals surface area contributed by atoms with Gasteiger partial charge in [0.1, 0.15) is 0 Å². The fourth-order valence-corrected chi connectivity index (χ4v) is 2.54. The summed E-state index contributed by atoms with van der Waals surface area (Å²) in [7, 11) is 2.22. The third-order valence-corrected chi connectivity index (χ3v) is 3.62. The monoisotopic (exact) mass is 236 g/mol. The van der Waals surface area contributed by atoms with E-state index in [9.17, 15) is 0 Å². The Hall–Kier alpha value is -0.870. The molecule has 0 spiro atoms. The van der Waals surface area contributed by atoms with Crippen molar-refractivity contribution in [2.75, 3.05) is 20.1 Å². The molecule has 1 aliphatic heterocycles. The highest BCUT2D eigenvalue weighted by Gasteiger charge is 2.19. The number of hydrogen-bond acceptors (Lipinski definition) is 3. The molecule has 0 radical (unpaired) electrons. The molecular formula is C13H24N4. The minimum atomic E-state index is 0.720. The molecule has 17 heavy (non-hydrogen) atoms. The maximum Gasteiger partial charge on any atom is 0.0948 e. The fraction of sp³-hybridized carbons (Fsp3) is 0.769. The van der Waals surface area contributed by atoms with Crippen LogP contribution in [-0.2, 0) is 13.1 Å². The second-order valence-electron chi connectivity index (χ2n) is 4.99. The number of aryl methyl sites for hydroxylation is 1. The molecule has 1 fully saturated rings. The summed E-state index contributed by atoms with van der Waals surface area (Å²) in [6, 6.07) is 0.720. The summed E-state index contributed by atoms with van der Waals surface area (Å²) in [5.41, 5.74) is 1.30. The van der Waals surface area contributed by atoms with Crippen molar-refractivity contribution >= 4 is 0 Å². The number of likely N-dealkylation sites (N-methyl/N-ethyl adjacent to an activating group) is 1. The van der Waals surface area contributed by atoms with Gasteiger partial charge < -0.3 is 14.8 Å². The van der Waals surface area contributed by atoms with E-state index in [0.717, 1.165) is 32.1 Å². The molecule has 1 aliphatic rings. The van der Waals surface area contributed by atoms with Crippen LogP contribution < -0.4 is 5.32 Å². The average Bonchev–Trinajstić information content (AvgIpc) is 2.90. The first kappa shape index (κ1) is 12.6. The number of nitrogens with zero attached hydrogens (tertiary/aromatic N) is 3. The lowest BCUT2D eigenvalue weighted by Crippen LogP contribution is -2.35. The van der Waals surface area contributed by atoms with Crippen molar-refractivity contribution in [3.63, 3.8) is 0 Å². The molecule has 1 aromatic rings. The molecule has 0 bridgehead atoms. The Kier molecular flexibility index (Phi) is 4.57. The number of likely N-dealkylation sites (tertiary alicyclic amines) is 1. The standard InChI is InChI=1S/C13H24N4/c1-3-6-17-11-15-10-13(17)9-14-8-12-5-4-7-16(12)2/h10-12,14H,3-9H2,1-2H3. The minimum absolute atomic E-state index is 0.720. The van der Waals surface area contributed by atoms with Crippen LogP contribution >= 0.6 is 0 Å². The number of aromatic nitrogens is 2. The van der Waals surface area contributed by atoms with Crippen LogP contribution in [0.4, 0.5) is 0 Å². The summed E-state index contributed by atoms with van der Waals surface area (Å²) >= 11 is 0. The second-order valence-corrected chi connectivity index (χ2v) is 4.99. The molecule has 1 aromatic heterocycles. The van der Waals surface area contributed by atoms with Crippen LogP contribution in [0.15, 0.2) is 12.5 Å². The van der Waals surface area contributed by atoms with E-state index in [-0.39, 0.29) is 0 Å². The Morgan fingerprint density at radius 2 is 2.41 bits per heavy atom. The lowest BCUT2D eigenvalue weighted by molar-refractivity contribution is 0.299. The van der Waals surface area contributed by atoms with Crippen molar-refractivity contribution < 1.29 is 0 Å². The molecule has 1 saturated heterocycles. The van der Waals surface area contributed by atoms with Gasteiger partial charge in [0.25, 0.3) is 0 Å². The summed E-state index contributed by atoms with van der Waals surface area (Å²) in [4.78, 5) is 6.67. The first-order valence-electron chi connectivity index (χ1n) is 6.71. The molecule has 1 N–H and O–H groups in total. The van der Waals surface area contributed by atoms with Crippen LogP contribution in [0.1, 0.15) is 31.9 Å². The minimum Gasteiger partial charge on any atom is -0.333 e. The fourth-order valence-electron chi connectivity index (χ4n) is 2.54. The van der Waals surface area contributed by atoms with Gasteiger partial charge in [0.2, 0.25) is 0 Å². The quantitative estimate of drug-likeness (QED) is 0.812. The molecular weight excluding hydrogens is 212 g/mol. The zero-order valence-corrected chi connectivity index (χ0v) is 11.0. The summed E-state index contributed by atoms with van der Waals surface area (Å²) in [6.45, 7) is 6.54. The molecule has 0 aromatic carbocycles. The Labute approximate surface area is 104 Å². The second kappa shape index (κ2) is 6.17. The smallest absolute Gasteiger partial charge is 0.0948 e. The van der Waals surface area contributed by atoms with Gasteiger partial charge in [-0.25, -0.2) is 4.98 Å². The van der Waals surface area contributed by atoms with Crippen molar-refractivity contribution in [3.8, 4) is 0 Å². The molecule has 0 amide bonds. The molecule has 0 saturated carbocycles. The van der Waals surface area contributed by atoms with E-state index in [1.165, 1.54) is 25.1 Å². The van der Waals surface area contributed by atoms with E-state index in [0.29, 0.717) is 0 Å². The van der Waals surface area contributed by atoms with Gasteiger partial charge in [-0.15, -0.1) is 0 Å². The zero-order chi connectivity index (χ0) is 12.1. The van der Waals surface area contributed by atoms with Gasteiger partial charge in [0.15, 0.2) is 0 Å². The van der Waals surface area contributed by atoms with Gasteiger partial charge in [-0.3, -0.25) is 0 Å². The first-order chi connectivity index (χ1) is 8.31. The highest BCUT2D eigenvalue weighted by Crippen LogP contribution is 2.13. The molecule has 96 valence electrons. The predicted molar refractivity (Wildman–Crippen MR) is 69.9 cm³/mol. The van der Waals surface area contributed by atoms with Crippen LogP contribution in [-0.4, -0.2) is 40.6 Å². The molecule has 2 heterocycles. The van der Waals surface area contributed by atoms with E-state index < -0.39 is 0 Å². The number of rotatable bonds is 6. The van der Waals surface area contributed by atoms with Crippen LogP contribution in [0.5, 0.6) is 0 Å². The van der Waals surface area contributed by atoms with E-state index in [1.54, 1.807) is 0 Å². The third kappa shape index (κ3) is 3.30. The normalized spacial score (nSPS) is 21.2. The largest absolute Gasteiger partial charge is 0.333 e. The van der Waals surface area contributed by atoms with Gasteiger partial charge in [0, 0.05) is 31.9 Å². The molecule has 2 rings (SSSR count). The zero-order valence-electron chi connectivity index (χ0n) is 11.0. The number of nitrogens with one attached hydrogen (secondary N) is 1. The van der Waals surface area contributed by atoms with Gasteiger partial charge >= 0.3 is 0 Å². The highest BCUT2D eigenvalue weighted by molar-refractivity contribution is 4.98. The molecule has 4 heteroatoms. The summed E-state index contributed by atoms with van der Waals surface area (Å²) in [6.07, 6.45) is 7.74. The van der Waals surface area contributed by atoms with Crippen LogP contribution in [0, 0.1) is 0 Å². The molecule has 0 aliphatic carbocycles. The SMILES string of the molecule is CCCn1cncc1CNCC1CCCN1C. The van der Waals surface area contributed by atoms with Crippen LogP contribution in [0.2, 0.25) is 0 Å². The van der Waals surface area contributed by atoms with Gasteiger partial charge in [0.05, 0.1) is 12.0 Å². The maximum atomic E-state index is 4.22. The van der Waals surface area contributed by atoms with Gasteiger partial charge in [-0.1, -0.05) is 6.92 Å². The summed E-state index contributed by atoms with van der Waals surface area (Å²) < 4.78 is 2.24. The van der Waals surface area contributed by atoms with Crippen molar-refractivity contribution in [2.24, 2.45) is 0 Å². The Bertz CT molecular complexity index is 334. The average molecular weight is 236 g/mol. The Morgan fingerprint density at radius 3 is 3.12 bits per heavy atom. The van der Waals surface area contributed by atoms with E-state index in [1.807, 2.05) is 12.5 Å². The third-order valence-electron chi connectivity index (χ3n) is 3.62. The molecule has 1 unspecified atom stereocenters. The van der Waals surface area contributed by atoms with E-state index >= 15 is 0 Å². The number of imidazole rings is 1. The molecule has 1 atom stereocenters. The lowest BCUT2D eigenvalue weighted by atomic mass is 10.2. The highest BCUT2D eigenvalue weighted by atomic mass is 15.2. The van der Waals surface area contributed by atoms with Gasteiger partial charge in [-0.05, 0) is 32.9 Å². The predicted octanol–water partition coefficient (Wildman–Crippen LogP) is 1.48. The molecule has 4 nitrogen and oxygen atoms in total. The number of hydrogen-bond donors (Lipinski definition) is 1. The van der Waals surface area contributed by atoms with E-state index in [2.05, 4.69) is 33.7 Å². The lowest BCUT2D eigenvalue weighted by Gasteiger charge is -2.19. The first-order valence-corrected chi connectivity index (χ1v) is 6.71. The Morgan fingerprint density at radius 1 is 1.53 bits per heavy atom.